The highest BCUT2D eigenvalue weighted by molar-refractivity contribution is 4.98. The van der Waals surface area contributed by atoms with Crippen molar-refractivity contribution in [1.29, 1.82) is 0 Å². The lowest BCUT2D eigenvalue weighted by atomic mass is 9.94. The molecule has 0 saturated heterocycles. The summed E-state index contributed by atoms with van der Waals surface area (Å²) in [6.07, 6.45) is 1.17. The minimum absolute atomic E-state index is 0.593. The average Bonchev–Trinajstić information content (AvgIpc) is 1.90. The molecule has 0 bridgehead atoms. The van der Waals surface area contributed by atoms with E-state index < -0.39 is 0 Å². The number of nitrogens with one attached hydrogen (secondary N) is 1. The quantitative estimate of drug-likeness (QED) is 0.592. The third-order valence-electron chi connectivity index (χ3n) is 2.19. The second kappa shape index (κ2) is 4.51. The van der Waals surface area contributed by atoms with Crippen molar-refractivity contribution in [1.82, 2.24) is 5.32 Å². The zero-order valence-electron chi connectivity index (χ0n) is 7.57. The van der Waals surface area contributed by atoms with Gasteiger partial charge < -0.3 is 5.32 Å². The number of rotatable bonds is 4. The van der Waals surface area contributed by atoms with Gasteiger partial charge in [0.1, 0.15) is 0 Å². The molecule has 0 aliphatic rings. The van der Waals surface area contributed by atoms with Gasteiger partial charge in [-0.05, 0) is 26.3 Å². The van der Waals surface area contributed by atoms with E-state index in [0.29, 0.717) is 12.0 Å². The second-order valence-corrected chi connectivity index (χ2v) is 2.94. The Hall–Kier alpha value is -0.300. The lowest BCUT2D eigenvalue weighted by Crippen LogP contribution is -2.31. The first-order chi connectivity index (χ1) is 4.63. The summed E-state index contributed by atoms with van der Waals surface area (Å²) in [5, 5.41) is 3.27. The van der Waals surface area contributed by atoms with Crippen LogP contribution in [0.25, 0.3) is 0 Å². The Balaban J connectivity index is 3.88. The molecule has 1 N–H and O–H groups in total. The maximum absolute atomic E-state index is 3.93. The molecule has 60 valence electrons. The molecule has 0 aliphatic heterocycles. The molecule has 2 atom stereocenters. The fourth-order valence-corrected chi connectivity index (χ4v) is 1.15. The minimum atomic E-state index is 0.593. The van der Waals surface area contributed by atoms with Crippen LogP contribution in [0, 0.1) is 5.92 Å². The Morgan fingerprint density at radius 2 is 2.10 bits per heavy atom. The predicted octanol–water partition coefficient (Wildman–Crippen LogP) is 2.20. The minimum Gasteiger partial charge on any atom is -0.316 e. The van der Waals surface area contributed by atoms with Crippen molar-refractivity contribution in [2.24, 2.45) is 5.92 Å². The molecule has 2 unspecified atom stereocenters. The zero-order valence-corrected chi connectivity index (χ0v) is 7.57. The van der Waals surface area contributed by atoms with Gasteiger partial charge in [-0.1, -0.05) is 26.0 Å². The highest BCUT2D eigenvalue weighted by Crippen LogP contribution is 2.13. The molecule has 0 heterocycles. The van der Waals surface area contributed by atoms with Gasteiger partial charge in [-0.15, -0.1) is 0 Å². The third-order valence-corrected chi connectivity index (χ3v) is 2.19. The monoisotopic (exact) mass is 141 g/mol. The van der Waals surface area contributed by atoms with Gasteiger partial charge in [-0.3, -0.25) is 0 Å². The van der Waals surface area contributed by atoms with E-state index in [-0.39, 0.29) is 0 Å². The molecule has 0 aromatic heterocycles. The van der Waals surface area contributed by atoms with Crippen LogP contribution in [0.15, 0.2) is 12.2 Å². The normalized spacial score (nSPS) is 16.4. The third kappa shape index (κ3) is 2.53. The van der Waals surface area contributed by atoms with Gasteiger partial charge in [0.2, 0.25) is 0 Å². The zero-order chi connectivity index (χ0) is 8.15. The van der Waals surface area contributed by atoms with Crippen LogP contribution >= 0.6 is 0 Å². The van der Waals surface area contributed by atoms with E-state index in [1.54, 1.807) is 0 Å². The summed E-state index contributed by atoms with van der Waals surface area (Å²) in [5.74, 6) is 0.593. The van der Waals surface area contributed by atoms with Crippen LogP contribution in [0.3, 0.4) is 0 Å². The van der Waals surface area contributed by atoms with Gasteiger partial charge in [0.05, 0.1) is 0 Å². The Bertz CT molecular complexity index is 103. The molecule has 10 heavy (non-hydrogen) atoms. The predicted molar refractivity (Wildman–Crippen MR) is 47.1 cm³/mol. The molecule has 0 aromatic carbocycles. The summed E-state index contributed by atoms with van der Waals surface area (Å²) in [7, 11) is 2.01. The van der Waals surface area contributed by atoms with Crippen molar-refractivity contribution in [3.05, 3.63) is 12.2 Å². The molecule has 0 fully saturated rings. The number of hydrogen-bond donors (Lipinski definition) is 1. The SMILES string of the molecule is C=C(C)C(C)C(CC)NC. The average molecular weight is 141 g/mol. The summed E-state index contributed by atoms with van der Waals surface area (Å²) in [5.41, 5.74) is 1.27. The van der Waals surface area contributed by atoms with Gasteiger partial charge >= 0.3 is 0 Å². The summed E-state index contributed by atoms with van der Waals surface area (Å²) >= 11 is 0. The summed E-state index contributed by atoms with van der Waals surface area (Å²) in [6, 6.07) is 0.595. The topological polar surface area (TPSA) is 12.0 Å². The molecule has 0 radical (unpaired) electrons. The Morgan fingerprint density at radius 3 is 2.20 bits per heavy atom. The van der Waals surface area contributed by atoms with Crippen molar-refractivity contribution >= 4 is 0 Å². The fraction of sp³-hybridized carbons (Fsp3) is 0.778. The Labute approximate surface area is 64.5 Å². The van der Waals surface area contributed by atoms with E-state index in [0.717, 1.165) is 0 Å². The van der Waals surface area contributed by atoms with E-state index in [1.165, 1.54) is 12.0 Å². The molecule has 1 nitrogen and oxygen atoms in total. The smallest absolute Gasteiger partial charge is 0.0124 e. The van der Waals surface area contributed by atoms with Gasteiger partial charge in [0.25, 0.3) is 0 Å². The molecule has 0 amide bonds. The van der Waals surface area contributed by atoms with Crippen LogP contribution in [0.4, 0.5) is 0 Å². The van der Waals surface area contributed by atoms with E-state index in [4.69, 9.17) is 0 Å². The second-order valence-electron chi connectivity index (χ2n) is 2.94. The standard InChI is InChI=1S/C9H19N/c1-6-9(10-5)8(4)7(2)3/h8-10H,2,6H2,1,3-5H3. The number of hydrogen-bond acceptors (Lipinski definition) is 1. The van der Waals surface area contributed by atoms with Crippen LogP contribution in [-0.2, 0) is 0 Å². The first-order valence-corrected chi connectivity index (χ1v) is 3.96. The van der Waals surface area contributed by atoms with Gasteiger partial charge in [-0.25, -0.2) is 0 Å². The van der Waals surface area contributed by atoms with E-state index in [1.807, 2.05) is 7.05 Å². The van der Waals surface area contributed by atoms with Crippen LogP contribution < -0.4 is 5.32 Å². The van der Waals surface area contributed by atoms with E-state index >= 15 is 0 Å². The first-order valence-electron chi connectivity index (χ1n) is 3.96. The van der Waals surface area contributed by atoms with Gasteiger partial charge in [-0.2, -0.15) is 0 Å². The van der Waals surface area contributed by atoms with E-state index in [9.17, 15) is 0 Å². The van der Waals surface area contributed by atoms with Crippen LogP contribution in [-0.4, -0.2) is 13.1 Å². The lowest BCUT2D eigenvalue weighted by molar-refractivity contribution is 0.434. The van der Waals surface area contributed by atoms with Crippen LogP contribution in [0.2, 0.25) is 0 Å². The van der Waals surface area contributed by atoms with Crippen molar-refractivity contribution in [2.75, 3.05) is 7.05 Å². The summed E-state index contributed by atoms with van der Waals surface area (Å²) < 4.78 is 0. The summed E-state index contributed by atoms with van der Waals surface area (Å²) in [4.78, 5) is 0. The maximum atomic E-state index is 3.93. The van der Waals surface area contributed by atoms with Crippen molar-refractivity contribution < 1.29 is 0 Å². The first kappa shape index (κ1) is 9.70. The molecular weight excluding hydrogens is 122 g/mol. The lowest BCUT2D eigenvalue weighted by Gasteiger charge is -2.21. The van der Waals surface area contributed by atoms with Crippen LogP contribution in [0.5, 0.6) is 0 Å². The van der Waals surface area contributed by atoms with E-state index in [2.05, 4.69) is 32.7 Å². The van der Waals surface area contributed by atoms with Gasteiger partial charge in [0, 0.05) is 6.04 Å². The summed E-state index contributed by atoms with van der Waals surface area (Å²) in [6.45, 7) is 10.4. The fourth-order valence-electron chi connectivity index (χ4n) is 1.15. The molecule has 0 aliphatic carbocycles. The van der Waals surface area contributed by atoms with Crippen molar-refractivity contribution in [2.45, 2.75) is 33.2 Å². The molecule has 1 heteroatoms. The van der Waals surface area contributed by atoms with Crippen LogP contribution in [0.1, 0.15) is 27.2 Å². The Morgan fingerprint density at radius 1 is 1.60 bits per heavy atom. The van der Waals surface area contributed by atoms with Gasteiger partial charge in [0.15, 0.2) is 0 Å². The molecule has 0 rings (SSSR count). The molecule has 0 saturated carbocycles. The maximum Gasteiger partial charge on any atom is 0.0124 e. The molecular formula is C9H19N. The molecule has 0 spiro atoms. The largest absolute Gasteiger partial charge is 0.316 e. The Kier molecular flexibility index (Phi) is 4.37. The highest BCUT2D eigenvalue weighted by Gasteiger charge is 2.12. The molecule has 0 aromatic rings. The van der Waals surface area contributed by atoms with Crippen molar-refractivity contribution in [3.63, 3.8) is 0 Å². The highest BCUT2D eigenvalue weighted by atomic mass is 14.9. The van der Waals surface area contributed by atoms with Crippen molar-refractivity contribution in [3.8, 4) is 0 Å².